The summed E-state index contributed by atoms with van der Waals surface area (Å²) in [6.45, 7) is 19.6. The Hall–Kier alpha value is -0.120. The van der Waals surface area contributed by atoms with Gasteiger partial charge in [0.15, 0.2) is 0 Å². The highest BCUT2D eigenvalue weighted by atomic mass is 16.6. The highest BCUT2D eigenvalue weighted by Crippen LogP contribution is 2.42. The fourth-order valence-electron chi connectivity index (χ4n) is 2.29. The van der Waals surface area contributed by atoms with Crippen molar-refractivity contribution in [3.8, 4) is 0 Å². The zero-order valence-electron chi connectivity index (χ0n) is 14.2. The first-order valence-electron chi connectivity index (χ1n) is 7.30. The van der Waals surface area contributed by atoms with Crippen molar-refractivity contribution in [1.29, 1.82) is 0 Å². The molecule has 0 saturated carbocycles. The zero-order valence-corrected chi connectivity index (χ0v) is 14.2. The maximum atomic E-state index is 6.26. The largest absolute Gasteiger partial charge is 0.373 e. The van der Waals surface area contributed by atoms with Crippen molar-refractivity contribution in [3.63, 3.8) is 0 Å². The molecular formula is C16H32O3. The van der Waals surface area contributed by atoms with E-state index < -0.39 is 0 Å². The van der Waals surface area contributed by atoms with Crippen molar-refractivity contribution in [1.82, 2.24) is 0 Å². The molecule has 1 rings (SSSR count). The van der Waals surface area contributed by atoms with Crippen LogP contribution in [0.2, 0.25) is 0 Å². The molecule has 0 amide bonds. The molecule has 19 heavy (non-hydrogen) atoms. The molecule has 1 aliphatic rings. The number of hydrogen-bond donors (Lipinski definition) is 0. The van der Waals surface area contributed by atoms with Gasteiger partial charge in [0.2, 0.25) is 0 Å². The summed E-state index contributed by atoms with van der Waals surface area (Å²) < 4.78 is 18.2. The molecule has 0 bridgehead atoms. The molecule has 3 nitrogen and oxygen atoms in total. The summed E-state index contributed by atoms with van der Waals surface area (Å²) in [6, 6.07) is 0. The van der Waals surface area contributed by atoms with Crippen molar-refractivity contribution in [3.05, 3.63) is 0 Å². The predicted octanol–water partition coefficient (Wildman–Crippen LogP) is 3.80. The van der Waals surface area contributed by atoms with Crippen LogP contribution in [-0.2, 0) is 14.2 Å². The molecule has 0 radical (unpaired) electrons. The highest BCUT2D eigenvalue weighted by molar-refractivity contribution is 4.97. The molecule has 1 saturated heterocycles. The molecule has 114 valence electrons. The van der Waals surface area contributed by atoms with Gasteiger partial charge in [-0.2, -0.15) is 0 Å². The third-order valence-corrected chi connectivity index (χ3v) is 3.66. The molecule has 0 aromatic heterocycles. The lowest BCUT2D eigenvalue weighted by Crippen LogP contribution is -2.44. The first-order valence-corrected chi connectivity index (χ1v) is 7.30. The van der Waals surface area contributed by atoms with Crippen LogP contribution in [0.1, 0.15) is 62.3 Å². The zero-order chi connectivity index (χ0) is 15.1. The Kier molecular flexibility index (Phi) is 4.76. The summed E-state index contributed by atoms with van der Waals surface area (Å²) in [5, 5.41) is 0. The lowest BCUT2D eigenvalue weighted by atomic mass is 9.81. The Balaban J connectivity index is 2.78. The van der Waals surface area contributed by atoms with E-state index in [1.807, 2.05) is 0 Å². The molecule has 3 heteroatoms. The van der Waals surface area contributed by atoms with Gasteiger partial charge in [-0.25, -0.2) is 0 Å². The lowest BCUT2D eigenvalue weighted by molar-refractivity contribution is -0.137. The van der Waals surface area contributed by atoms with Gasteiger partial charge in [-0.15, -0.1) is 0 Å². The molecule has 0 spiro atoms. The standard InChI is InChI=1S/C16H32O3/c1-11-16(8,9)13(19-15(5,6)7)12(18-11)10-17-14(2,3)4/h11-13H,10H2,1-9H3/t11-,12-,13-/m0/s1. The van der Waals surface area contributed by atoms with E-state index in [1.54, 1.807) is 0 Å². The van der Waals surface area contributed by atoms with E-state index in [0.29, 0.717) is 6.61 Å². The maximum absolute atomic E-state index is 6.26. The SMILES string of the molecule is C[C@@H]1O[C@@H](COC(C)(C)C)[C@H](OC(C)(C)C)C1(C)C. The van der Waals surface area contributed by atoms with E-state index in [1.165, 1.54) is 0 Å². The van der Waals surface area contributed by atoms with Gasteiger partial charge in [-0.1, -0.05) is 13.8 Å². The van der Waals surface area contributed by atoms with Crippen LogP contribution < -0.4 is 0 Å². The second kappa shape index (κ2) is 5.34. The maximum Gasteiger partial charge on any atom is 0.108 e. The van der Waals surface area contributed by atoms with E-state index in [0.717, 1.165) is 0 Å². The van der Waals surface area contributed by atoms with Gasteiger partial charge in [0.05, 0.1) is 30.0 Å². The Labute approximate surface area is 119 Å². The van der Waals surface area contributed by atoms with Gasteiger partial charge in [-0.3, -0.25) is 0 Å². The Bertz CT molecular complexity index is 296. The number of ether oxygens (including phenoxy) is 3. The molecule has 3 atom stereocenters. The third-order valence-electron chi connectivity index (χ3n) is 3.66. The van der Waals surface area contributed by atoms with Crippen LogP contribution in [-0.4, -0.2) is 36.1 Å². The molecule has 0 aromatic carbocycles. The molecule has 1 fully saturated rings. The minimum Gasteiger partial charge on any atom is -0.373 e. The summed E-state index contributed by atoms with van der Waals surface area (Å²) in [6.07, 6.45) is 0.238. The predicted molar refractivity (Wildman–Crippen MR) is 78.4 cm³/mol. The van der Waals surface area contributed by atoms with Crippen LogP contribution in [0.15, 0.2) is 0 Å². The normalized spacial score (nSPS) is 31.7. The third kappa shape index (κ3) is 4.73. The number of hydrogen-bond acceptors (Lipinski definition) is 3. The van der Waals surface area contributed by atoms with Crippen molar-refractivity contribution in [2.24, 2.45) is 5.41 Å². The average molecular weight is 272 g/mol. The van der Waals surface area contributed by atoms with Gasteiger partial charge < -0.3 is 14.2 Å². The van der Waals surface area contributed by atoms with Crippen LogP contribution in [0.5, 0.6) is 0 Å². The highest BCUT2D eigenvalue weighted by Gasteiger charge is 2.50. The van der Waals surface area contributed by atoms with Crippen molar-refractivity contribution in [2.45, 2.75) is 91.8 Å². The van der Waals surface area contributed by atoms with Gasteiger partial charge in [-0.05, 0) is 48.5 Å². The van der Waals surface area contributed by atoms with E-state index in [2.05, 4.69) is 62.3 Å². The second-order valence-electron chi connectivity index (χ2n) is 8.21. The van der Waals surface area contributed by atoms with E-state index in [4.69, 9.17) is 14.2 Å². The van der Waals surface area contributed by atoms with Crippen molar-refractivity contribution in [2.75, 3.05) is 6.61 Å². The molecular weight excluding hydrogens is 240 g/mol. The topological polar surface area (TPSA) is 27.7 Å². The fourth-order valence-corrected chi connectivity index (χ4v) is 2.29. The van der Waals surface area contributed by atoms with Gasteiger partial charge in [0.25, 0.3) is 0 Å². The monoisotopic (exact) mass is 272 g/mol. The van der Waals surface area contributed by atoms with Gasteiger partial charge >= 0.3 is 0 Å². The van der Waals surface area contributed by atoms with Crippen LogP contribution in [0.3, 0.4) is 0 Å². The molecule has 0 aromatic rings. The second-order valence-corrected chi connectivity index (χ2v) is 8.21. The first kappa shape index (κ1) is 16.9. The molecule has 1 aliphatic heterocycles. The van der Waals surface area contributed by atoms with E-state index in [9.17, 15) is 0 Å². The summed E-state index contributed by atoms with van der Waals surface area (Å²) in [5.41, 5.74) is -0.319. The Morgan fingerprint density at radius 2 is 1.53 bits per heavy atom. The smallest absolute Gasteiger partial charge is 0.108 e. The van der Waals surface area contributed by atoms with Crippen molar-refractivity contribution < 1.29 is 14.2 Å². The quantitative estimate of drug-likeness (QED) is 0.782. The van der Waals surface area contributed by atoms with Crippen LogP contribution in [0.25, 0.3) is 0 Å². The number of rotatable bonds is 3. The summed E-state index contributed by atoms with van der Waals surface area (Å²) in [5.74, 6) is 0. The molecule has 0 aliphatic carbocycles. The summed E-state index contributed by atoms with van der Waals surface area (Å²) in [4.78, 5) is 0. The Morgan fingerprint density at radius 3 is 1.95 bits per heavy atom. The summed E-state index contributed by atoms with van der Waals surface area (Å²) >= 11 is 0. The molecule has 0 N–H and O–H groups in total. The molecule has 0 unspecified atom stereocenters. The van der Waals surface area contributed by atoms with Crippen LogP contribution in [0.4, 0.5) is 0 Å². The fraction of sp³-hybridized carbons (Fsp3) is 1.00. The van der Waals surface area contributed by atoms with Crippen LogP contribution in [0, 0.1) is 5.41 Å². The average Bonchev–Trinajstić information content (AvgIpc) is 2.36. The van der Waals surface area contributed by atoms with Gasteiger partial charge in [0.1, 0.15) is 6.10 Å². The Morgan fingerprint density at radius 1 is 1.00 bits per heavy atom. The van der Waals surface area contributed by atoms with E-state index in [-0.39, 0.29) is 34.9 Å². The molecule has 1 heterocycles. The first-order chi connectivity index (χ1) is 8.33. The minimum atomic E-state index is -0.171. The van der Waals surface area contributed by atoms with Crippen molar-refractivity contribution >= 4 is 0 Å². The van der Waals surface area contributed by atoms with Gasteiger partial charge in [0, 0.05) is 5.41 Å². The lowest BCUT2D eigenvalue weighted by Gasteiger charge is -2.36. The van der Waals surface area contributed by atoms with E-state index >= 15 is 0 Å². The summed E-state index contributed by atoms with van der Waals surface area (Å²) in [7, 11) is 0. The minimum absolute atomic E-state index is 0.000803. The van der Waals surface area contributed by atoms with Crippen LogP contribution >= 0.6 is 0 Å².